The second-order valence-corrected chi connectivity index (χ2v) is 5.74. The number of aromatic nitrogens is 1. The van der Waals surface area contributed by atoms with Gasteiger partial charge in [-0.05, 0) is 60.9 Å². The first-order valence-electron chi connectivity index (χ1n) is 6.76. The van der Waals surface area contributed by atoms with Gasteiger partial charge in [-0.2, -0.15) is 0 Å². The minimum absolute atomic E-state index is 0.158. The van der Waals surface area contributed by atoms with Crippen molar-refractivity contribution < 1.29 is 19.0 Å². The van der Waals surface area contributed by atoms with Crippen molar-refractivity contribution in [3.63, 3.8) is 0 Å². The zero-order valence-corrected chi connectivity index (χ0v) is 13.6. The normalized spacial score (nSPS) is 18.8. The predicted molar refractivity (Wildman–Crippen MR) is 81.3 cm³/mol. The number of carbonyl (C=O) groups is 1. The van der Waals surface area contributed by atoms with Crippen molar-refractivity contribution in [2.24, 2.45) is 0 Å². The van der Waals surface area contributed by atoms with Crippen molar-refractivity contribution in [2.45, 2.75) is 39.1 Å². The maximum atomic E-state index is 11.7. The molecule has 2 rings (SSSR count). The first-order valence-corrected chi connectivity index (χ1v) is 7.83. The van der Waals surface area contributed by atoms with E-state index in [2.05, 4.69) is 27.6 Å². The number of carbonyl (C=O) groups excluding carboxylic acids is 1. The number of halogens is 1. The zero-order chi connectivity index (χ0) is 14.4. The lowest BCUT2D eigenvalue weighted by molar-refractivity contribution is -0.169. The molecule has 1 aliphatic heterocycles. The minimum Gasteiger partial charge on any atom is -0.461 e. The quantitative estimate of drug-likeness (QED) is 0.571. The van der Waals surface area contributed by atoms with Gasteiger partial charge in [-0.3, -0.25) is 0 Å². The number of ether oxygens (including phenoxy) is 3. The van der Waals surface area contributed by atoms with Crippen LogP contribution < -0.4 is 0 Å². The van der Waals surface area contributed by atoms with Crippen molar-refractivity contribution >= 4 is 28.6 Å². The summed E-state index contributed by atoms with van der Waals surface area (Å²) >= 11 is 2.15. The fourth-order valence-electron chi connectivity index (χ4n) is 1.96. The monoisotopic (exact) mass is 391 g/mol. The Balaban J connectivity index is 1.98. The van der Waals surface area contributed by atoms with Gasteiger partial charge < -0.3 is 14.2 Å². The number of esters is 1. The van der Waals surface area contributed by atoms with Crippen LogP contribution in [0.4, 0.5) is 0 Å². The highest BCUT2D eigenvalue weighted by atomic mass is 127. The van der Waals surface area contributed by atoms with Gasteiger partial charge in [-0.1, -0.05) is 0 Å². The number of rotatable bonds is 5. The van der Waals surface area contributed by atoms with E-state index in [-0.39, 0.29) is 6.29 Å². The van der Waals surface area contributed by atoms with E-state index in [1.165, 1.54) is 0 Å². The fraction of sp³-hybridized carbons (Fsp3) is 0.571. The molecule has 6 heteroatoms. The van der Waals surface area contributed by atoms with E-state index >= 15 is 0 Å². The molecule has 0 amide bonds. The predicted octanol–water partition coefficient (Wildman–Crippen LogP) is 2.91. The molecule has 20 heavy (non-hydrogen) atoms. The summed E-state index contributed by atoms with van der Waals surface area (Å²) in [5, 5.41) is 0. The molecule has 0 bridgehead atoms. The van der Waals surface area contributed by atoms with Crippen LogP contribution in [0.25, 0.3) is 0 Å². The number of pyridine rings is 1. The van der Waals surface area contributed by atoms with Crippen LogP contribution in [0.3, 0.4) is 0 Å². The summed E-state index contributed by atoms with van der Waals surface area (Å²) in [7, 11) is 0. The first kappa shape index (κ1) is 15.7. The van der Waals surface area contributed by atoms with Crippen LogP contribution in [-0.4, -0.2) is 30.5 Å². The molecule has 0 N–H and O–H groups in total. The Morgan fingerprint density at radius 1 is 1.50 bits per heavy atom. The number of nitrogens with zero attached hydrogens (tertiary/aromatic N) is 1. The van der Waals surface area contributed by atoms with Crippen molar-refractivity contribution in [1.82, 2.24) is 4.98 Å². The van der Waals surface area contributed by atoms with Crippen molar-refractivity contribution in [3.8, 4) is 0 Å². The highest BCUT2D eigenvalue weighted by Crippen LogP contribution is 2.16. The van der Waals surface area contributed by atoms with Gasteiger partial charge in [0.05, 0.1) is 18.9 Å². The van der Waals surface area contributed by atoms with Crippen LogP contribution in [0.2, 0.25) is 0 Å². The molecule has 1 atom stereocenters. The summed E-state index contributed by atoms with van der Waals surface area (Å²) in [6, 6.07) is 3.60. The van der Waals surface area contributed by atoms with Crippen LogP contribution in [0.15, 0.2) is 12.1 Å². The van der Waals surface area contributed by atoms with Crippen molar-refractivity contribution in [1.29, 1.82) is 0 Å². The molecule has 2 heterocycles. The molecule has 1 fully saturated rings. The van der Waals surface area contributed by atoms with Crippen LogP contribution in [0, 0.1) is 3.57 Å². The summed E-state index contributed by atoms with van der Waals surface area (Å²) < 4.78 is 17.1. The molecular formula is C14H18INO4. The molecule has 110 valence electrons. The molecule has 1 aromatic heterocycles. The van der Waals surface area contributed by atoms with E-state index < -0.39 is 5.97 Å². The van der Waals surface area contributed by atoms with Gasteiger partial charge in [0.15, 0.2) is 6.29 Å². The first-order chi connectivity index (χ1) is 9.69. The van der Waals surface area contributed by atoms with Crippen LogP contribution in [-0.2, 0) is 20.8 Å². The maximum absolute atomic E-state index is 11.7. The minimum atomic E-state index is -0.402. The summed E-state index contributed by atoms with van der Waals surface area (Å²) in [5.74, 6) is -0.402. The average molecular weight is 391 g/mol. The SMILES string of the molecule is CCOC(=O)c1cc(I)cc(COC2CCCCO2)n1. The lowest BCUT2D eigenvalue weighted by Gasteiger charge is -2.22. The van der Waals surface area contributed by atoms with Gasteiger partial charge in [-0.25, -0.2) is 9.78 Å². The Morgan fingerprint density at radius 2 is 2.35 bits per heavy atom. The lowest BCUT2D eigenvalue weighted by Crippen LogP contribution is -2.22. The largest absolute Gasteiger partial charge is 0.461 e. The Hall–Kier alpha value is -0.730. The second kappa shape index (κ2) is 7.90. The molecule has 5 nitrogen and oxygen atoms in total. The van der Waals surface area contributed by atoms with E-state index in [1.807, 2.05) is 6.07 Å². The van der Waals surface area contributed by atoms with Gasteiger partial charge in [0.2, 0.25) is 0 Å². The third kappa shape index (κ3) is 4.68. The average Bonchev–Trinajstić information content (AvgIpc) is 2.46. The van der Waals surface area contributed by atoms with E-state index in [1.54, 1.807) is 13.0 Å². The lowest BCUT2D eigenvalue weighted by atomic mass is 10.2. The smallest absolute Gasteiger partial charge is 0.356 e. The summed E-state index contributed by atoms with van der Waals surface area (Å²) in [5.41, 5.74) is 1.04. The third-order valence-electron chi connectivity index (χ3n) is 2.88. The Morgan fingerprint density at radius 3 is 3.05 bits per heavy atom. The Bertz CT molecular complexity index is 460. The molecule has 1 saturated heterocycles. The van der Waals surface area contributed by atoms with E-state index in [9.17, 15) is 4.79 Å². The van der Waals surface area contributed by atoms with Gasteiger partial charge in [-0.15, -0.1) is 0 Å². The van der Waals surface area contributed by atoms with Gasteiger partial charge in [0, 0.05) is 10.2 Å². The van der Waals surface area contributed by atoms with Crippen molar-refractivity contribution in [2.75, 3.05) is 13.2 Å². The maximum Gasteiger partial charge on any atom is 0.356 e. The third-order valence-corrected chi connectivity index (χ3v) is 3.51. The van der Waals surface area contributed by atoms with Crippen LogP contribution >= 0.6 is 22.6 Å². The molecule has 1 unspecified atom stereocenters. The molecule has 0 spiro atoms. The Kier molecular flexibility index (Phi) is 6.18. The van der Waals surface area contributed by atoms with E-state index in [0.717, 1.165) is 29.4 Å². The summed E-state index contributed by atoms with van der Waals surface area (Å²) in [6.45, 7) is 3.20. The molecule has 0 radical (unpaired) electrons. The van der Waals surface area contributed by atoms with E-state index in [4.69, 9.17) is 14.2 Å². The molecule has 0 aromatic carbocycles. The highest BCUT2D eigenvalue weighted by Gasteiger charge is 2.16. The molecule has 0 saturated carbocycles. The molecule has 1 aromatic rings. The highest BCUT2D eigenvalue weighted by molar-refractivity contribution is 14.1. The topological polar surface area (TPSA) is 57.7 Å². The molecular weight excluding hydrogens is 373 g/mol. The van der Waals surface area contributed by atoms with Crippen LogP contribution in [0.5, 0.6) is 0 Å². The van der Waals surface area contributed by atoms with E-state index in [0.29, 0.717) is 24.6 Å². The van der Waals surface area contributed by atoms with Crippen molar-refractivity contribution in [3.05, 3.63) is 27.1 Å². The Labute approximate surface area is 132 Å². The van der Waals surface area contributed by atoms with Gasteiger partial charge >= 0.3 is 5.97 Å². The number of hydrogen-bond acceptors (Lipinski definition) is 5. The number of hydrogen-bond donors (Lipinski definition) is 0. The summed E-state index contributed by atoms with van der Waals surface area (Å²) in [6.07, 6.45) is 2.97. The van der Waals surface area contributed by atoms with Gasteiger partial charge in [0.1, 0.15) is 5.69 Å². The standard InChI is InChI=1S/C14H18INO4/c1-2-18-14(17)12-8-10(15)7-11(16-12)9-20-13-5-3-4-6-19-13/h7-8,13H,2-6,9H2,1H3. The second-order valence-electron chi connectivity index (χ2n) is 4.49. The fourth-order valence-corrected chi connectivity index (χ4v) is 2.61. The molecule has 1 aliphatic rings. The summed E-state index contributed by atoms with van der Waals surface area (Å²) in [4.78, 5) is 16.0. The van der Waals surface area contributed by atoms with Gasteiger partial charge in [0.25, 0.3) is 0 Å². The molecule has 0 aliphatic carbocycles. The zero-order valence-electron chi connectivity index (χ0n) is 11.4. The van der Waals surface area contributed by atoms with Crippen LogP contribution in [0.1, 0.15) is 42.4 Å².